The first-order valence-corrected chi connectivity index (χ1v) is 5.20. The lowest BCUT2D eigenvalue weighted by Gasteiger charge is -2.05. The molecule has 92 valence electrons. The van der Waals surface area contributed by atoms with E-state index in [1.54, 1.807) is 0 Å². The van der Waals surface area contributed by atoms with Gasteiger partial charge in [-0.05, 0) is 24.3 Å². The molecule has 0 atom stereocenters. The average molecular weight is 270 g/mol. The maximum absolute atomic E-state index is 13.3. The Morgan fingerprint density at radius 2 is 1.78 bits per heavy atom. The summed E-state index contributed by atoms with van der Waals surface area (Å²) in [7, 11) is 0. The zero-order chi connectivity index (χ0) is 13.1. The first-order valence-electron chi connectivity index (χ1n) is 4.82. The number of aromatic nitrogens is 2. The standard InChI is InChI=1S/C11H6ClF2N3O/c12-8-4-5-9(17-16-8)15-11(18)10-6(13)2-1-3-7(10)14/h1-5H,(H,15,17,18). The largest absolute Gasteiger partial charge is 0.305 e. The number of benzene rings is 1. The second kappa shape index (κ2) is 5.05. The van der Waals surface area contributed by atoms with Crippen molar-refractivity contribution in [3.8, 4) is 0 Å². The first-order chi connectivity index (χ1) is 8.58. The molecule has 4 nitrogen and oxygen atoms in total. The van der Waals surface area contributed by atoms with Crippen LogP contribution in [0.1, 0.15) is 10.4 Å². The lowest BCUT2D eigenvalue weighted by molar-refractivity contribution is 0.101. The van der Waals surface area contributed by atoms with Crippen LogP contribution in [0.2, 0.25) is 5.15 Å². The maximum atomic E-state index is 13.3. The van der Waals surface area contributed by atoms with Crippen LogP contribution in [-0.2, 0) is 0 Å². The van der Waals surface area contributed by atoms with Crippen LogP contribution in [0.15, 0.2) is 30.3 Å². The first kappa shape index (κ1) is 12.4. The summed E-state index contributed by atoms with van der Waals surface area (Å²) in [6.45, 7) is 0. The molecule has 0 spiro atoms. The number of hydrogen-bond donors (Lipinski definition) is 1. The highest BCUT2D eigenvalue weighted by atomic mass is 35.5. The van der Waals surface area contributed by atoms with Crippen molar-refractivity contribution >= 4 is 23.3 Å². The predicted octanol–water partition coefficient (Wildman–Crippen LogP) is 2.66. The number of nitrogens with one attached hydrogen (secondary N) is 1. The van der Waals surface area contributed by atoms with Crippen LogP contribution in [0.5, 0.6) is 0 Å². The highest BCUT2D eigenvalue weighted by Gasteiger charge is 2.17. The number of hydrogen-bond acceptors (Lipinski definition) is 3. The number of nitrogens with zero attached hydrogens (tertiary/aromatic N) is 2. The molecule has 0 aliphatic heterocycles. The van der Waals surface area contributed by atoms with Crippen LogP contribution in [0.25, 0.3) is 0 Å². The lowest BCUT2D eigenvalue weighted by atomic mass is 10.2. The van der Waals surface area contributed by atoms with Gasteiger partial charge >= 0.3 is 0 Å². The zero-order valence-corrected chi connectivity index (χ0v) is 9.58. The molecule has 0 radical (unpaired) electrons. The molecule has 7 heteroatoms. The fourth-order valence-corrected chi connectivity index (χ4v) is 1.38. The number of carbonyl (C=O) groups is 1. The molecule has 2 rings (SSSR count). The Morgan fingerprint density at radius 1 is 1.11 bits per heavy atom. The van der Waals surface area contributed by atoms with E-state index in [0.29, 0.717) is 0 Å². The van der Waals surface area contributed by atoms with Crippen molar-refractivity contribution in [2.45, 2.75) is 0 Å². The third kappa shape index (κ3) is 2.60. The van der Waals surface area contributed by atoms with Crippen molar-refractivity contribution in [2.24, 2.45) is 0 Å². The summed E-state index contributed by atoms with van der Waals surface area (Å²) in [6.07, 6.45) is 0. The minimum Gasteiger partial charge on any atom is -0.305 e. The molecule has 18 heavy (non-hydrogen) atoms. The molecular formula is C11H6ClF2N3O. The topological polar surface area (TPSA) is 54.9 Å². The normalized spacial score (nSPS) is 10.2. The minimum atomic E-state index is -0.950. The molecule has 0 saturated heterocycles. The van der Waals surface area contributed by atoms with E-state index in [0.717, 1.165) is 12.1 Å². The van der Waals surface area contributed by atoms with Gasteiger partial charge in [-0.15, -0.1) is 10.2 Å². The molecule has 0 aliphatic rings. The van der Waals surface area contributed by atoms with Crippen molar-refractivity contribution in [3.05, 3.63) is 52.7 Å². The molecule has 1 N–H and O–H groups in total. The third-order valence-corrected chi connectivity index (χ3v) is 2.27. The van der Waals surface area contributed by atoms with Crippen LogP contribution in [0.3, 0.4) is 0 Å². The van der Waals surface area contributed by atoms with Gasteiger partial charge in [-0.2, -0.15) is 0 Å². The Labute approximate surface area is 106 Å². The van der Waals surface area contributed by atoms with Gasteiger partial charge in [-0.3, -0.25) is 4.79 Å². The smallest absolute Gasteiger partial charge is 0.262 e. The summed E-state index contributed by atoms with van der Waals surface area (Å²) in [5.74, 6) is -2.79. The van der Waals surface area contributed by atoms with E-state index < -0.39 is 23.1 Å². The summed E-state index contributed by atoms with van der Waals surface area (Å²) in [5.41, 5.74) is -0.672. The summed E-state index contributed by atoms with van der Waals surface area (Å²) in [6, 6.07) is 5.91. The van der Waals surface area contributed by atoms with E-state index >= 15 is 0 Å². The van der Waals surface area contributed by atoms with Crippen molar-refractivity contribution in [3.63, 3.8) is 0 Å². The molecule has 1 amide bonds. The fraction of sp³-hybridized carbons (Fsp3) is 0. The Morgan fingerprint density at radius 3 is 2.33 bits per heavy atom. The highest BCUT2D eigenvalue weighted by Crippen LogP contribution is 2.14. The molecule has 0 bridgehead atoms. The second-order valence-corrected chi connectivity index (χ2v) is 3.68. The van der Waals surface area contributed by atoms with Gasteiger partial charge in [0.2, 0.25) is 0 Å². The summed E-state index contributed by atoms with van der Waals surface area (Å²) in [5, 5.41) is 9.39. The zero-order valence-electron chi connectivity index (χ0n) is 8.82. The molecule has 0 unspecified atom stereocenters. The van der Waals surface area contributed by atoms with Gasteiger partial charge in [0.15, 0.2) is 11.0 Å². The lowest BCUT2D eigenvalue weighted by Crippen LogP contribution is -2.16. The molecule has 1 aromatic heterocycles. The molecular weight excluding hydrogens is 264 g/mol. The Kier molecular flexibility index (Phi) is 3.47. The van der Waals surface area contributed by atoms with E-state index in [-0.39, 0.29) is 11.0 Å². The van der Waals surface area contributed by atoms with Gasteiger partial charge in [0.25, 0.3) is 5.91 Å². The van der Waals surface area contributed by atoms with E-state index in [2.05, 4.69) is 15.5 Å². The molecule has 2 aromatic rings. The van der Waals surface area contributed by atoms with Gasteiger partial charge in [-0.25, -0.2) is 8.78 Å². The summed E-state index contributed by atoms with van der Waals surface area (Å²) >= 11 is 5.51. The summed E-state index contributed by atoms with van der Waals surface area (Å²) in [4.78, 5) is 11.6. The second-order valence-electron chi connectivity index (χ2n) is 3.29. The SMILES string of the molecule is O=C(Nc1ccc(Cl)nn1)c1c(F)cccc1F. The number of rotatable bonds is 2. The quantitative estimate of drug-likeness (QED) is 0.912. The van der Waals surface area contributed by atoms with Crippen LogP contribution in [0.4, 0.5) is 14.6 Å². The fourth-order valence-electron chi connectivity index (χ4n) is 1.28. The van der Waals surface area contributed by atoms with Crippen LogP contribution in [0, 0.1) is 11.6 Å². The molecule has 1 aromatic carbocycles. The minimum absolute atomic E-state index is 0.0482. The monoisotopic (exact) mass is 269 g/mol. The third-order valence-electron chi connectivity index (χ3n) is 2.06. The van der Waals surface area contributed by atoms with E-state index in [4.69, 9.17) is 11.6 Å². The van der Waals surface area contributed by atoms with Gasteiger partial charge in [-0.1, -0.05) is 17.7 Å². The van der Waals surface area contributed by atoms with Gasteiger partial charge in [0.1, 0.15) is 17.2 Å². The molecule has 0 saturated carbocycles. The van der Waals surface area contributed by atoms with E-state index in [1.165, 1.54) is 18.2 Å². The van der Waals surface area contributed by atoms with Crippen molar-refractivity contribution in [2.75, 3.05) is 5.32 Å². The van der Waals surface area contributed by atoms with E-state index in [1.807, 2.05) is 0 Å². The maximum Gasteiger partial charge on any atom is 0.262 e. The predicted molar refractivity (Wildman–Crippen MR) is 61.4 cm³/mol. The van der Waals surface area contributed by atoms with Crippen LogP contribution >= 0.6 is 11.6 Å². The Balaban J connectivity index is 2.25. The molecule has 1 heterocycles. The van der Waals surface area contributed by atoms with Crippen LogP contribution < -0.4 is 5.32 Å². The number of carbonyl (C=O) groups excluding carboxylic acids is 1. The Hall–Kier alpha value is -2.08. The Bertz CT molecular complexity index is 569. The van der Waals surface area contributed by atoms with E-state index in [9.17, 15) is 13.6 Å². The number of halogens is 3. The van der Waals surface area contributed by atoms with Gasteiger partial charge < -0.3 is 5.32 Å². The van der Waals surface area contributed by atoms with Crippen molar-refractivity contribution in [1.29, 1.82) is 0 Å². The van der Waals surface area contributed by atoms with Gasteiger partial charge in [0.05, 0.1) is 0 Å². The molecule has 0 fully saturated rings. The average Bonchev–Trinajstić information content (AvgIpc) is 2.32. The number of anilines is 1. The highest BCUT2D eigenvalue weighted by molar-refractivity contribution is 6.29. The van der Waals surface area contributed by atoms with Gasteiger partial charge in [0, 0.05) is 0 Å². The van der Waals surface area contributed by atoms with Crippen molar-refractivity contribution in [1.82, 2.24) is 10.2 Å². The van der Waals surface area contributed by atoms with Crippen LogP contribution in [-0.4, -0.2) is 16.1 Å². The molecule has 0 aliphatic carbocycles. The number of amides is 1. The summed E-state index contributed by atoms with van der Waals surface area (Å²) < 4.78 is 26.6. The van der Waals surface area contributed by atoms with Crippen molar-refractivity contribution < 1.29 is 13.6 Å².